The molecule has 0 bridgehead atoms. The molecular weight excluding hydrogens is 236 g/mol. The van der Waals surface area contributed by atoms with Gasteiger partial charge in [0.1, 0.15) is 11.6 Å². The molecule has 0 saturated heterocycles. The van der Waals surface area contributed by atoms with Crippen LogP contribution in [0.15, 0.2) is 60.8 Å². The topological polar surface area (TPSA) is 37.9 Å². The molecule has 0 atom stereocenters. The molecule has 3 heteroatoms. The third kappa shape index (κ3) is 2.36. The first-order valence-corrected chi connectivity index (χ1v) is 6.11. The maximum atomic E-state index is 5.15. The van der Waals surface area contributed by atoms with Gasteiger partial charge in [-0.05, 0) is 29.8 Å². The van der Waals surface area contributed by atoms with E-state index in [2.05, 4.69) is 22.1 Å². The number of nitrogens with one attached hydrogen (secondary N) is 1. The van der Waals surface area contributed by atoms with E-state index >= 15 is 0 Å². The number of benzene rings is 2. The molecule has 94 valence electrons. The molecule has 1 N–H and O–H groups in total. The first-order valence-electron chi connectivity index (χ1n) is 6.11. The minimum absolute atomic E-state index is 0.846. The minimum Gasteiger partial charge on any atom is -0.497 e. The molecular formula is C16H14N2O. The molecule has 3 aromatic rings. The van der Waals surface area contributed by atoms with Crippen molar-refractivity contribution < 1.29 is 4.74 Å². The zero-order valence-corrected chi connectivity index (χ0v) is 10.6. The predicted molar refractivity (Wildman–Crippen MR) is 76.0 cm³/mol. The Kier molecular flexibility index (Phi) is 3.02. The summed E-state index contributed by atoms with van der Waals surface area (Å²) in [6, 6.07) is 18.0. The third-order valence-corrected chi connectivity index (χ3v) is 3.02. The zero-order chi connectivity index (χ0) is 13.1. The Bertz CT molecular complexity index is 657. The maximum absolute atomic E-state index is 5.15. The van der Waals surface area contributed by atoms with E-state index in [4.69, 9.17) is 4.74 Å². The standard InChI is InChI=1S/C16H14N2O/c1-19-14-9-7-13(8-10-14)16-17-11-15(18-16)12-5-3-2-4-6-12/h2-11H,1H3,(H,17,18). The van der Waals surface area contributed by atoms with Crippen LogP contribution in [-0.2, 0) is 0 Å². The largest absolute Gasteiger partial charge is 0.497 e. The Morgan fingerprint density at radius 1 is 0.895 bits per heavy atom. The summed E-state index contributed by atoms with van der Waals surface area (Å²) in [7, 11) is 1.66. The number of ether oxygens (including phenoxy) is 1. The van der Waals surface area contributed by atoms with E-state index < -0.39 is 0 Å². The van der Waals surface area contributed by atoms with Crippen LogP contribution in [0.5, 0.6) is 5.75 Å². The number of H-pyrrole nitrogens is 1. The first kappa shape index (κ1) is 11.5. The fraction of sp³-hybridized carbons (Fsp3) is 0.0625. The normalized spacial score (nSPS) is 10.4. The van der Waals surface area contributed by atoms with Gasteiger partial charge in [-0.2, -0.15) is 0 Å². The molecule has 0 amide bonds. The second-order valence-electron chi connectivity index (χ2n) is 4.24. The van der Waals surface area contributed by atoms with Crippen molar-refractivity contribution in [2.24, 2.45) is 0 Å². The summed E-state index contributed by atoms with van der Waals surface area (Å²) in [6.45, 7) is 0. The highest BCUT2D eigenvalue weighted by atomic mass is 16.5. The van der Waals surface area contributed by atoms with Gasteiger partial charge in [-0.15, -0.1) is 0 Å². The second-order valence-corrected chi connectivity index (χ2v) is 4.24. The molecule has 0 fully saturated rings. The Morgan fingerprint density at radius 2 is 1.63 bits per heavy atom. The van der Waals surface area contributed by atoms with Crippen LogP contribution < -0.4 is 4.74 Å². The lowest BCUT2D eigenvalue weighted by molar-refractivity contribution is 0.415. The van der Waals surface area contributed by atoms with Crippen LogP contribution in [0, 0.1) is 0 Å². The van der Waals surface area contributed by atoms with E-state index in [1.54, 1.807) is 7.11 Å². The van der Waals surface area contributed by atoms with Gasteiger partial charge in [0, 0.05) is 5.56 Å². The van der Waals surface area contributed by atoms with E-state index in [9.17, 15) is 0 Å². The van der Waals surface area contributed by atoms with E-state index in [-0.39, 0.29) is 0 Å². The lowest BCUT2D eigenvalue weighted by Gasteiger charge is -2.01. The van der Waals surface area contributed by atoms with E-state index in [1.165, 1.54) is 0 Å². The highest BCUT2D eigenvalue weighted by Gasteiger charge is 2.05. The SMILES string of the molecule is COc1ccc(-c2ncc(-c3ccccc3)[nH]2)cc1. The number of methoxy groups -OCH3 is 1. The lowest BCUT2D eigenvalue weighted by atomic mass is 10.2. The van der Waals surface area contributed by atoms with Gasteiger partial charge in [0.05, 0.1) is 19.0 Å². The number of aromatic amines is 1. The fourth-order valence-corrected chi connectivity index (χ4v) is 1.98. The van der Waals surface area contributed by atoms with Gasteiger partial charge in [-0.3, -0.25) is 0 Å². The zero-order valence-electron chi connectivity index (χ0n) is 10.6. The molecule has 0 unspecified atom stereocenters. The van der Waals surface area contributed by atoms with Crippen LogP contribution >= 0.6 is 0 Å². The summed E-state index contributed by atoms with van der Waals surface area (Å²) >= 11 is 0. The predicted octanol–water partition coefficient (Wildman–Crippen LogP) is 3.75. The molecule has 19 heavy (non-hydrogen) atoms. The van der Waals surface area contributed by atoms with Crippen molar-refractivity contribution in [1.82, 2.24) is 9.97 Å². The van der Waals surface area contributed by atoms with Crippen molar-refractivity contribution in [2.45, 2.75) is 0 Å². The molecule has 0 aliphatic heterocycles. The summed E-state index contributed by atoms with van der Waals surface area (Å²) in [5, 5.41) is 0. The highest BCUT2D eigenvalue weighted by molar-refractivity contribution is 5.64. The van der Waals surface area contributed by atoms with Crippen LogP contribution in [0.2, 0.25) is 0 Å². The fourth-order valence-electron chi connectivity index (χ4n) is 1.98. The van der Waals surface area contributed by atoms with Crippen LogP contribution in [0.1, 0.15) is 0 Å². The number of rotatable bonds is 3. The quantitative estimate of drug-likeness (QED) is 0.768. The molecule has 0 radical (unpaired) electrons. The number of aromatic nitrogens is 2. The van der Waals surface area contributed by atoms with Gasteiger partial charge in [0.15, 0.2) is 0 Å². The van der Waals surface area contributed by atoms with Gasteiger partial charge in [0.2, 0.25) is 0 Å². The van der Waals surface area contributed by atoms with Crippen molar-refractivity contribution in [3.63, 3.8) is 0 Å². The van der Waals surface area contributed by atoms with E-state index in [0.29, 0.717) is 0 Å². The smallest absolute Gasteiger partial charge is 0.137 e. The van der Waals surface area contributed by atoms with Crippen molar-refractivity contribution in [2.75, 3.05) is 7.11 Å². The molecule has 0 saturated carbocycles. The highest BCUT2D eigenvalue weighted by Crippen LogP contribution is 2.23. The number of hydrogen-bond donors (Lipinski definition) is 1. The molecule has 0 aliphatic carbocycles. The average molecular weight is 250 g/mol. The number of nitrogens with zero attached hydrogens (tertiary/aromatic N) is 1. The monoisotopic (exact) mass is 250 g/mol. The van der Waals surface area contributed by atoms with Crippen LogP contribution in [0.4, 0.5) is 0 Å². The molecule has 1 heterocycles. The Hall–Kier alpha value is -2.55. The van der Waals surface area contributed by atoms with Crippen LogP contribution in [0.25, 0.3) is 22.6 Å². The van der Waals surface area contributed by atoms with Crippen LogP contribution in [0.3, 0.4) is 0 Å². The Labute approximate surface area is 111 Å². The van der Waals surface area contributed by atoms with E-state index in [0.717, 1.165) is 28.4 Å². The average Bonchev–Trinajstić information content (AvgIpc) is 2.98. The van der Waals surface area contributed by atoms with Gasteiger partial charge < -0.3 is 9.72 Å². The van der Waals surface area contributed by atoms with E-state index in [1.807, 2.05) is 48.7 Å². The van der Waals surface area contributed by atoms with Crippen LogP contribution in [-0.4, -0.2) is 17.1 Å². The summed E-state index contributed by atoms with van der Waals surface area (Å²) in [6.07, 6.45) is 1.86. The minimum atomic E-state index is 0.846. The molecule has 3 rings (SSSR count). The molecule has 1 aromatic heterocycles. The molecule has 2 aromatic carbocycles. The van der Waals surface area contributed by atoms with Crippen molar-refractivity contribution in [3.05, 3.63) is 60.8 Å². The van der Waals surface area contributed by atoms with Gasteiger partial charge in [-0.1, -0.05) is 30.3 Å². The maximum Gasteiger partial charge on any atom is 0.137 e. The van der Waals surface area contributed by atoms with Crippen molar-refractivity contribution in [3.8, 4) is 28.4 Å². The number of hydrogen-bond acceptors (Lipinski definition) is 2. The summed E-state index contributed by atoms with van der Waals surface area (Å²) in [5.74, 6) is 1.71. The molecule has 0 aliphatic rings. The van der Waals surface area contributed by atoms with Gasteiger partial charge in [0.25, 0.3) is 0 Å². The lowest BCUT2D eigenvalue weighted by Crippen LogP contribution is -1.84. The van der Waals surface area contributed by atoms with Crippen molar-refractivity contribution in [1.29, 1.82) is 0 Å². The Morgan fingerprint density at radius 3 is 2.32 bits per heavy atom. The molecule has 3 nitrogen and oxygen atoms in total. The summed E-state index contributed by atoms with van der Waals surface area (Å²) in [4.78, 5) is 7.75. The summed E-state index contributed by atoms with van der Waals surface area (Å²) in [5.41, 5.74) is 3.20. The molecule has 0 spiro atoms. The Balaban J connectivity index is 1.92. The third-order valence-electron chi connectivity index (χ3n) is 3.02. The summed E-state index contributed by atoms with van der Waals surface area (Å²) < 4.78 is 5.15. The number of imidazole rings is 1. The van der Waals surface area contributed by atoms with Gasteiger partial charge in [-0.25, -0.2) is 4.98 Å². The van der Waals surface area contributed by atoms with Gasteiger partial charge >= 0.3 is 0 Å². The van der Waals surface area contributed by atoms with Crippen molar-refractivity contribution >= 4 is 0 Å². The first-order chi connectivity index (χ1) is 9.36. The second kappa shape index (κ2) is 4.98.